The van der Waals surface area contributed by atoms with Gasteiger partial charge in [0.2, 0.25) is 0 Å². The first kappa shape index (κ1) is 33.6. The van der Waals surface area contributed by atoms with E-state index in [1.165, 1.54) is 32.6 Å². The van der Waals surface area contributed by atoms with E-state index in [0.29, 0.717) is 17.5 Å². The first-order valence-corrected chi connectivity index (χ1v) is 20.5. The maximum Gasteiger partial charge on any atom is 0.164 e. The molecule has 0 aliphatic carbocycles. The van der Waals surface area contributed by atoms with Crippen molar-refractivity contribution in [3.05, 3.63) is 200 Å². The molecule has 0 unspecified atom stereocenters. The van der Waals surface area contributed by atoms with Gasteiger partial charge in [-0.3, -0.25) is 0 Å². The fraction of sp³-hybridized carbons (Fsp3) is 0. The smallest absolute Gasteiger partial charge is 0.164 e. The normalized spacial score (nSPS) is 12.1. The third-order valence-electron chi connectivity index (χ3n) is 12.2. The van der Waals surface area contributed by atoms with Crippen LogP contribution in [-0.4, -0.2) is 24.1 Å². The zero-order valence-electron chi connectivity index (χ0n) is 32.7. The van der Waals surface area contributed by atoms with Crippen molar-refractivity contribution in [2.45, 2.75) is 0 Å². The zero-order valence-corrected chi connectivity index (χ0v) is 32.7. The van der Waals surface area contributed by atoms with Crippen LogP contribution in [0.5, 0.6) is 11.5 Å². The highest BCUT2D eigenvalue weighted by Gasteiger charge is 2.25. The van der Waals surface area contributed by atoms with Crippen LogP contribution in [0.25, 0.3) is 111 Å². The van der Waals surface area contributed by atoms with Crippen LogP contribution in [0.4, 0.5) is 0 Å². The van der Waals surface area contributed by atoms with Crippen LogP contribution in [0.3, 0.4) is 0 Å². The van der Waals surface area contributed by atoms with Crippen LogP contribution in [-0.2, 0) is 0 Å². The van der Waals surface area contributed by atoms with Gasteiger partial charge in [0.05, 0.1) is 22.1 Å². The molecule has 0 N–H and O–H groups in total. The molecule has 6 nitrogen and oxygen atoms in total. The van der Waals surface area contributed by atoms with E-state index in [9.17, 15) is 0 Å². The van der Waals surface area contributed by atoms with Crippen molar-refractivity contribution in [3.8, 4) is 68.2 Å². The summed E-state index contributed by atoms with van der Waals surface area (Å²) in [6.45, 7) is 0. The van der Waals surface area contributed by atoms with Crippen molar-refractivity contribution in [3.63, 3.8) is 0 Å². The number of hydrogen-bond acceptors (Lipinski definition) is 4. The number of ether oxygens (including phenoxy) is 1. The van der Waals surface area contributed by atoms with Gasteiger partial charge >= 0.3 is 0 Å². The second-order valence-electron chi connectivity index (χ2n) is 15.6. The fourth-order valence-corrected chi connectivity index (χ4v) is 9.54. The summed E-state index contributed by atoms with van der Waals surface area (Å²) in [6, 6.07) is 70.1. The Kier molecular flexibility index (Phi) is 7.21. The molecule has 0 amide bonds. The van der Waals surface area contributed by atoms with Crippen molar-refractivity contribution in [2.24, 2.45) is 0 Å². The van der Waals surface area contributed by atoms with E-state index >= 15 is 0 Å². The maximum absolute atomic E-state index is 6.90. The number of hydrogen-bond donors (Lipinski definition) is 0. The number of nitrogens with zero attached hydrogens (tertiary/aromatic N) is 5. The third-order valence-corrected chi connectivity index (χ3v) is 12.2. The average molecular weight is 780 g/mol. The SMILES string of the molecule is c1ccc(-c2nc(-c3ccccc3)nc(-c3ccc4c5c(cccc35)-c3ccc(-n5c6ccccc6c6c7c8ccccc8n(-c8ccccc8)c7ccc65)cc3O4)n2)cc1. The average Bonchev–Trinajstić information content (AvgIpc) is 3.85. The summed E-state index contributed by atoms with van der Waals surface area (Å²) in [6.07, 6.45) is 0. The van der Waals surface area contributed by atoms with Crippen LogP contribution >= 0.6 is 0 Å². The molecule has 0 radical (unpaired) electrons. The van der Waals surface area contributed by atoms with Gasteiger partial charge in [0.15, 0.2) is 17.5 Å². The minimum absolute atomic E-state index is 0.616. The van der Waals surface area contributed by atoms with Crippen molar-refractivity contribution >= 4 is 54.4 Å². The lowest BCUT2D eigenvalue weighted by Crippen LogP contribution is -2.03. The van der Waals surface area contributed by atoms with Gasteiger partial charge in [0.1, 0.15) is 11.5 Å². The molecule has 61 heavy (non-hydrogen) atoms. The highest BCUT2D eigenvalue weighted by Crippen LogP contribution is 2.50. The zero-order chi connectivity index (χ0) is 40.0. The largest absolute Gasteiger partial charge is 0.456 e. The van der Waals surface area contributed by atoms with Gasteiger partial charge < -0.3 is 13.9 Å². The fourth-order valence-electron chi connectivity index (χ4n) is 9.54. The summed E-state index contributed by atoms with van der Waals surface area (Å²) >= 11 is 0. The van der Waals surface area contributed by atoms with Crippen molar-refractivity contribution in [1.29, 1.82) is 0 Å². The highest BCUT2D eigenvalue weighted by molar-refractivity contribution is 6.29. The predicted molar refractivity (Wildman–Crippen MR) is 248 cm³/mol. The second-order valence-corrected chi connectivity index (χ2v) is 15.6. The lowest BCUT2D eigenvalue weighted by molar-refractivity contribution is 0.487. The topological polar surface area (TPSA) is 57.8 Å². The Morgan fingerprint density at radius 3 is 1.48 bits per heavy atom. The summed E-state index contributed by atoms with van der Waals surface area (Å²) in [5, 5.41) is 7.00. The van der Waals surface area contributed by atoms with E-state index in [4.69, 9.17) is 19.7 Å². The molecule has 13 rings (SSSR count). The van der Waals surface area contributed by atoms with Gasteiger partial charge in [-0.1, -0.05) is 133 Å². The van der Waals surface area contributed by atoms with Gasteiger partial charge in [-0.2, -0.15) is 0 Å². The Bertz CT molecular complexity index is 3660. The number of aromatic nitrogens is 5. The van der Waals surface area contributed by atoms with Crippen LogP contribution in [0, 0.1) is 0 Å². The lowest BCUT2D eigenvalue weighted by Gasteiger charge is -2.23. The number of rotatable bonds is 5. The molecule has 0 saturated heterocycles. The van der Waals surface area contributed by atoms with Crippen molar-refractivity contribution < 1.29 is 4.74 Å². The van der Waals surface area contributed by atoms with Crippen molar-refractivity contribution in [2.75, 3.05) is 0 Å². The van der Waals surface area contributed by atoms with E-state index in [-0.39, 0.29) is 0 Å². The van der Waals surface area contributed by atoms with Crippen LogP contribution in [0.15, 0.2) is 200 Å². The lowest BCUT2D eigenvalue weighted by atomic mass is 9.92. The quantitative estimate of drug-likeness (QED) is 0.175. The molecule has 0 fully saturated rings. The van der Waals surface area contributed by atoms with Gasteiger partial charge in [0.25, 0.3) is 0 Å². The molecule has 0 bridgehead atoms. The summed E-state index contributed by atoms with van der Waals surface area (Å²) in [7, 11) is 0. The first-order valence-electron chi connectivity index (χ1n) is 20.5. The molecule has 3 aromatic heterocycles. The summed E-state index contributed by atoms with van der Waals surface area (Å²) in [5.74, 6) is 3.50. The molecule has 6 heteroatoms. The predicted octanol–water partition coefficient (Wildman–Crippen LogP) is 14.0. The molecule has 1 aliphatic rings. The molecular weight excluding hydrogens is 747 g/mol. The molecule has 0 atom stereocenters. The minimum atomic E-state index is 0.616. The number of fused-ring (bicyclic) bond motifs is 9. The van der Waals surface area contributed by atoms with E-state index < -0.39 is 0 Å². The van der Waals surface area contributed by atoms with E-state index in [2.05, 4.69) is 149 Å². The molecule has 0 saturated carbocycles. The van der Waals surface area contributed by atoms with Crippen molar-refractivity contribution in [1.82, 2.24) is 24.1 Å². The monoisotopic (exact) mass is 779 g/mol. The Morgan fingerprint density at radius 1 is 0.311 bits per heavy atom. The summed E-state index contributed by atoms with van der Waals surface area (Å²) in [4.78, 5) is 15.1. The Hall–Kier alpha value is -8.35. The summed E-state index contributed by atoms with van der Waals surface area (Å²) in [5.41, 5.74) is 11.8. The standard InChI is InChI=1S/C55H33N5O/c1-4-15-34(16-5-1)53-56-54(35-17-6-2-7-18-35)58-55(57-53)41-29-32-48-50-39(23-14-24-40(41)50)38-28-27-37(33-49(38)61-48)60-45-26-13-11-22-43(45)52-47(60)31-30-46-51(52)42-21-10-12-25-44(42)59(46)36-19-8-3-9-20-36/h1-33H. The molecule has 284 valence electrons. The number of para-hydroxylation sites is 3. The van der Waals surface area contributed by atoms with Crippen LogP contribution in [0.1, 0.15) is 0 Å². The number of benzene rings is 9. The van der Waals surface area contributed by atoms with Crippen LogP contribution in [0.2, 0.25) is 0 Å². The molecule has 1 aliphatic heterocycles. The Balaban J connectivity index is 0.981. The highest BCUT2D eigenvalue weighted by atomic mass is 16.5. The van der Waals surface area contributed by atoms with E-state index in [1.54, 1.807) is 0 Å². The molecule has 9 aromatic carbocycles. The van der Waals surface area contributed by atoms with Gasteiger partial charge in [-0.25, -0.2) is 15.0 Å². The van der Waals surface area contributed by atoms with Gasteiger partial charge in [0, 0.05) is 66.6 Å². The molecular formula is C55H33N5O. The Morgan fingerprint density at radius 2 is 0.836 bits per heavy atom. The third kappa shape index (κ3) is 5.06. The van der Waals surface area contributed by atoms with Crippen LogP contribution < -0.4 is 4.74 Å². The molecule has 12 aromatic rings. The Labute approximate surface area is 350 Å². The first-order chi connectivity index (χ1) is 30.3. The molecule has 0 spiro atoms. The second kappa shape index (κ2) is 13.1. The minimum Gasteiger partial charge on any atom is -0.456 e. The van der Waals surface area contributed by atoms with E-state index in [0.717, 1.165) is 72.5 Å². The maximum atomic E-state index is 6.90. The van der Waals surface area contributed by atoms with Gasteiger partial charge in [-0.15, -0.1) is 0 Å². The molecule has 4 heterocycles. The van der Waals surface area contributed by atoms with E-state index in [1.807, 2.05) is 60.7 Å². The summed E-state index contributed by atoms with van der Waals surface area (Å²) < 4.78 is 11.7. The van der Waals surface area contributed by atoms with Gasteiger partial charge in [-0.05, 0) is 71.6 Å².